The Morgan fingerprint density at radius 2 is 2.00 bits per heavy atom. The van der Waals surface area contributed by atoms with Gasteiger partial charge in [-0.25, -0.2) is 4.39 Å². The normalized spacial score (nSPS) is 13.7. The SMILES string of the molecule is CC(NCCCC(C)(C)C)c1cccc(F)c1. The molecule has 0 bridgehead atoms. The van der Waals surface area contributed by atoms with Gasteiger partial charge in [-0.15, -0.1) is 0 Å². The first kappa shape index (κ1) is 14.2. The standard InChI is InChI=1S/C15H24FN/c1-12(13-7-5-8-14(16)11-13)17-10-6-9-15(2,3)4/h5,7-8,11-12,17H,6,9-10H2,1-4H3. The molecule has 0 aliphatic carbocycles. The molecule has 0 radical (unpaired) electrons. The van der Waals surface area contributed by atoms with E-state index < -0.39 is 0 Å². The topological polar surface area (TPSA) is 12.0 Å². The molecule has 0 heterocycles. The van der Waals surface area contributed by atoms with Crippen LogP contribution in [0.15, 0.2) is 24.3 Å². The molecular weight excluding hydrogens is 213 g/mol. The van der Waals surface area contributed by atoms with Crippen molar-refractivity contribution in [3.63, 3.8) is 0 Å². The van der Waals surface area contributed by atoms with E-state index in [-0.39, 0.29) is 11.9 Å². The van der Waals surface area contributed by atoms with E-state index in [2.05, 4.69) is 33.0 Å². The molecule has 0 saturated carbocycles. The smallest absolute Gasteiger partial charge is 0.123 e. The zero-order valence-electron chi connectivity index (χ0n) is 11.4. The predicted octanol–water partition coefficient (Wildman–Crippen LogP) is 4.30. The second-order valence-electron chi connectivity index (χ2n) is 5.90. The Kier molecular flexibility index (Phi) is 5.13. The summed E-state index contributed by atoms with van der Waals surface area (Å²) < 4.78 is 13.0. The third kappa shape index (κ3) is 5.83. The third-order valence-electron chi connectivity index (χ3n) is 2.90. The zero-order valence-corrected chi connectivity index (χ0v) is 11.4. The van der Waals surface area contributed by atoms with E-state index in [0.29, 0.717) is 5.41 Å². The van der Waals surface area contributed by atoms with Crippen LogP contribution in [0.2, 0.25) is 0 Å². The average molecular weight is 237 g/mol. The van der Waals surface area contributed by atoms with Gasteiger partial charge in [0, 0.05) is 6.04 Å². The van der Waals surface area contributed by atoms with Crippen molar-refractivity contribution in [2.75, 3.05) is 6.54 Å². The summed E-state index contributed by atoms with van der Waals surface area (Å²) in [7, 11) is 0. The number of hydrogen-bond acceptors (Lipinski definition) is 1. The predicted molar refractivity (Wildman–Crippen MR) is 71.5 cm³/mol. The Balaban J connectivity index is 2.33. The Bertz CT molecular complexity index is 341. The molecule has 0 aromatic heterocycles. The summed E-state index contributed by atoms with van der Waals surface area (Å²) in [6.45, 7) is 9.82. The van der Waals surface area contributed by atoms with E-state index >= 15 is 0 Å². The van der Waals surface area contributed by atoms with Crippen molar-refractivity contribution in [1.29, 1.82) is 0 Å². The molecule has 96 valence electrons. The average Bonchev–Trinajstić information content (AvgIpc) is 2.23. The van der Waals surface area contributed by atoms with Crippen LogP contribution in [0.4, 0.5) is 4.39 Å². The lowest BCUT2D eigenvalue weighted by Gasteiger charge is -2.19. The maximum Gasteiger partial charge on any atom is 0.123 e. The van der Waals surface area contributed by atoms with Crippen LogP contribution >= 0.6 is 0 Å². The van der Waals surface area contributed by atoms with Crippen LogP contribution in [-0.2, 0) is 0 Å². The van der Waals surface area contributed by atoms with Crippen LogP contribution < -0.4 is 5.32 Å². The molecule has 17 heavy (non-hydrogen) atoms. The molecular formula is C15H24FN. The number of benzene rings is 1. The van der Waals surface area contributed by atoms with Crippen molar-refractivity contribution in [2.24, 2.45) is 5.41 Å². The van der Waals surface area contributed by atoms with Crippen molar-refractivity contribution < 1.29 is 4.39 Å². The molecule has 0 fully saturated rings. The van der Waals surface area contributed by atoms with Gasteiger partial charge in [-0.2, -0.15) is 0 Å². The minimum atomic E-state index is -0.161. The molecule has 0 aliphatic heterocycles. The summed E-state index contributed by atoms with van der Waals surface area (Å²) in [5.41, 5.74) is 1.41. The summed E-state index contributed by atoms with van der Waals surface area (Å²) >= 11 is 0. The second kappa shape index (κ2) is 6.15. The Morgan fingerprint density at radius 1 is 1.29 bits per heavy atom. The van der Waals surface area contributed by atoms with Gasteiger partial charge < -0.3 is 5.32 Å². The lowest BCUT2D eigenvalue weighted by atomic mass is 9.90. The number of rotatable bonds is 5. The van der Waals surface area contributed by atoms with E-state index in [1.807, 2.05) is 6.07 Å². The molecule has 1 aromatic carbocycles. The summed E-state index contributed by atoms with van der Waals surface area (Å²) in [6.07, 6.45) is 2.36. The van der Waals surface area contributed by atoms with E-state index in [0.717, 1.165) is 18.5 Å². The first-order chi connectivity index (χ1) is 7.88. The van der Waals surface area contributed by atoms with Gasteiger partial charge in [0.25, 0.3) is 0 Å². The van der Waals surface area contributed by atoms with Gasteiger partial charge in [0.1, 0.15) is 5.82 Å². The molecule has 1 nitrogen and oxygen atoms in total. The van der Waals surface area contributed by atoms with Gasteiger partial charge in [0.05, 0.1) is 0 Å². The first-order valence-corrected chi connectivity index (χ1v) is 6.37. The monoisotopic (exact) mass is 237 g/mol. The lowest BCUT2D eigenvalue weighted by molar-refractivity contribution is 0.357. The largest absolute Gasteiger partial charge is 0.310 e. The molecule has 0 spiro atoms. The van der Waals surface area contributed by atoms with Crippen molar-refractivity contribution >= 4 is 0 Å². The fourth-order valence-electron chi connectivity index (χ4n) is 1.83. The van der Waals surface area contributed by atoms with Crippen molar-refractivity contribution in [3.05, 3.63) is 35.6 Å². The van der Waals surface area contributed by atoms with Gasteiger partial charge in [-0.05, 0) is 49.4 Å². The van der Waals surface area contributed by atoms with Crippen molar-refractivity contribution in [2.45, 2.75) is 46.6 Å². The highest BCUT2D eigenvalue weighted by atomic mass is 19.1. The van der Waals surface area contributed by atoms with Gasteiger partial charge in [-0.1, -0.05) is 32.9 Å². The highest BCUT2D eigenvalue weighted by Gasteiger charge is 2.10. The van der Waals surface area contributed by atoms with Crippen LogP contribution in [0.3, 0.4) is 0 Å². The van der Waals surface area contributed by atoms with Gasteiger partial charge in [-0.3, -0.25) is 0 Å². The summed E-state index contributed by atoms with van der Waals surface area (Å²) in [6, 6.07) is 7.02. The third-order valence-corrected chi connectivity index (χ3v) is 2.90. The van der Waals surface area contributed by atoms with Crippen LogP contribution in [0.25, 0.3) is 0 Å². The lowest BCUT2D eigenvalue weighted by Crippen LogP contribution is -2.21. The molecule has 1 unspecified atom stereocenters. The van der Waals surface area contributed by atoms with Crippen molar-refractivity contribution in [1.82, 2.24) is 5.32 Å². The highest BCUT2D eigenvalue weighted by Crippen LogP contribution is 2.20. The van der Waals surface area contributed by atoms with E-state index in [4.69, 9.17) is 0 Å². The molecule has 0 amide bonds. The van der Waals surface area contributed by atoms with Gasteiger partial charge in [0.15, 0.2) is 0 Å². The minimum Gasteiger partial charge on any atom is -0.310 e. The Labute approximate surface area is 104 Å². The van der Waals surface area contributed by atoms with Gasteiger partial charge >= 0.3 is 0 Å². The minimum absolute atomic E-state index is 0.161. The molecule has 0 aliphatic rings. The Morgan fingerprint density at radius 3 is 2.59 bits per heavy atom. The maximum atomic E-state index is 13.0. The van der Waals surface area contributed by atoms with Crippen molar-refractivity contribution in [3.8, 4) is 0 Å². The molecule has 2 heteroatoms. The zero-order chi connectivity index (χ0) is 12.9. The van der Waals surface area contributed by atoms with Crippen LogP contribution in [0, 0.1) is 11.2 Å². The number of halogens is 1. The number of hydrogen-bond donors (Lipinski definition) is 1. The Hall–Kier alpha value is -0.890. The second-order valence-corrected chi connectivity index (χ2v) is 5.90. The maximum absolute atomic E-state index is 13.0. The van der Waals surface area contributed by atoms with Crippen LogP contribution in [-0.4, -0.2) is 6.54 Å². The summed E-state index contributed by atoms with van der Waals surface area (Å²) in [5, 5.41) is 3.43. The summed E-state index contributed by atoms with van der Waals surface area (Å²) in [4.78, 5) is 0. The molecule has 1 N–H and O–H groups in total. The molecule has 0 saturated heterocycles. The fraction of sp³-hybridized carbons (Fsp3) is 0.600. The summed E-state index contributed by atoms with van der Waals surface area (Å²) in [5.74, 6) is -0.161. The van der Waals surface area contributed by atoms with Crippen LogP contribution in [0.5, 0.6) is 0 Å². The van der Waals surface area contributed by atoms with Crippen LogP contribution in [0.1, 0.15) is 52.1 Å². The van der Waals surface area contributed by atoms with E-state index in [9.17, 15) is 4.39 Å². The quantitative estimate of drug-likeness (QED) is 0.753. The van der Waals surface area contributed by atoms with E-state index in [1.165, 1.54) is 12.5 Å². The molecule has 1 atom stereocenters. The van der Waals surface area contributed by atoms with Gasteiger partial charge in [0.2, 0.25) is 0 Å². The highest BCUT2D eigenvalue weighted by molar-refractivity contribution is 5.19. The van der Waals surface area contributed by atoms with E-state index in [1.54, 1.807) is 12.1 Å². The number of nitrogens with one attached hydrogen (secondary N) is 1. The molecule has 1 rings (SSSR count). The first-order valence-electron chi connectivity index (χ1n) is 6.37. The molecule has 1 aromatic rings. The fourth-order valence-corrected chi connectivity index (χ4v) is 1.83.